The molecule has 0 saturated carbocycles. The first-order valence-electron chi connectivity index (χ1n) is 6.19. The lowest BCUT2D eigenvalue weighted by Gasteiger charge is -2.14. The van der Waals surface area contributed by atoms with Gasteiger partial charge in [0.15, 0.2) is 5.69 Å². The summed E-state index contributed by atoms with van der Waals surface area (Å²) >= 11 is 0.891. The minimum Gasteiger partial charge on any atom is -0.345 e. The average molecular weight is 318 g/mol. The van der Waals surface area contributed by atoms with Crippen molar-refractivity contribution in [3.63, 3.8) is 0 Å². The van der Waals surface area contributed by atoms with E-state index in [9.17, 15) is 18.0 Å². The number of halogens is 3. The summed E-state index contributed by atoms with van der Waals surface area (Å²) in [5.41, 5.74) is -0.928. The summed E-state index contributed by atoms with van der Waals surface area (Å²) in [6, 6.07) is 1.15. The van der Waals surface area contributed by atoms with Crippen molar-refractivity contribution in [2.75, 3.05) is 0 Å². The maximum atomic E-state index is 12.5. The first kappa shape index (κ1) is 15.5. The second kappa shape index (κ2) is 6.25. The highest BCUT2D eigenvalue weighted by Crippen LogP contribution is 2.32. The molecule has 0 radical (unpaired) electrons. The van der Waals surface area contributed by atoms with Gasteiger partial charge in [0.05, 0.1) is 6.04 Å². The van der Waals surface area contributed by atoms with E-state index in [4.69, 9.17) is 0 Å². The van der Waals surface area contributed by atoms with E-state index in [1.807, 2.05) is 0 Å². The van der Waals surface area contributed by atoms with Crippen molar-refractivity contribution in [1.29, 1.82) is 0 Å². The molecule has 2 rings (SSSR count). The number of thiazole rings is 1. The van der Waals surface area contributed by atoms with Crippen molar-refractivity contribution in [1.82, 2.24) is 20.1 Å². The van der Waals surface area contributed by atoms with E-state index in [1.54, 1.807) is 25.4 Å². The second-order valence-electron chi connectivity index (χ2n) is 4.30. The molecule has 0 aliphatic carbocycles. The van der Waals surface area contributed by atoms with Crippen molar-refractivity contribution in [3.05, 3.63) is 34.5 Å². The largest absolute Gasteiger partial charge is 0.434 e. The van der Waals surface area contributed by atoms with Gasteiger partial charge in [-0.3, -0.25) is 9.48 Å². The molecule has 0 fully saturated rings. The molecule has 0 unspecified atom stereocenters. The van der Waals surface area contributed by atoms with Crippen LogP contribution in [-0.4, -0.2) is 20.7 Å². The van der Waals surface area contributed by atoms with Gasteiger partial charge < -0.3 is 5.32 Å². The topological polar surface area (TPSA) is 59.8 Å². The Bertz CT molecular complexity index is 594. The molecule has 1 N–H and O–H groups in total. The summed E-state index contributed by atoms with van der Waals surface area (Å²) in [7, 11) is 0. The maximum Gasteiger partial charge on any atom is 0.434 e. The van der Waals surface area contributed by atoms with Crippen molar-refractivity contribution in [2.24, 2.45) is 0 Å². The van der Waals surface area contributed by atoms with Crippen molar-refractivity contribution in [2.45, 2.75) is 32.1 Å². The number of carbonyl (C=O) groups excluding carboxylic acids is 1. The number of rotatable bonds is 5. The monoisotopic (exact) mass is 318 g/mol. The van der Waals surface area contributed by atoms with Gasteiger partial charge in [0.1, 0.15) is 11.6 Å². The standard InChI is InChI=1S/C12H13F3N4OS/c1-2-8(11-18-9(7-21-11)12(13,14)15)17-10(20)6-19-5-3-4-16-19/h3-5,7-8H,2,6H2,1H3,(H,17,20)/t8-/m0/s1. The molecule has 114 valence electrons. The predicted molar refractivity (Wildman–Crippen MR) is 70.5 cm³/mol. The van der Waals surface area contributed by atoms with E-state index in [1.165, 1.54) is 4.68 Å². The number of nitrogens with one attached hydrogen (secondary N) is 1. The average Bonchev–Trinajstić information content (AvgIpc) is 3.05. The maximum absolute atomic E-state index is 12.5. The zero-order valence-electron chi connectivity index (χ0n) is 11.1. The van der Waals surface area contributed by atoms with Crippen LogP contribution < -0.4 is 5.32 Å². The van der Waals surface area contributed by atoms with Crippen LogP contribution in [0.25, 0.3) is 0 Å². The number of carbonyl (C=O) groups is 1. The lowest BCUT2D eigenvalue weighted by molar-refractivity contribution is -0.140. The molecule has 0 saturated heterocycles. The van der Waals surface area contributed by atoms with E-state index in [2.05, 4.69) is 15.4 Å². The first-order valence-corrected chi connectivity index (χ1v) is 7.07. The zero-order valence-corrected chi connectivity index (χ0v) is 11.9. The Balaban J connectivity index is 2.02. The molecular formula is C12H13F3N4OS. The molecule has 0 aliphatic rings. The van der Waals surface area contributed by atoms with E-state index in [0.29, 0.717) is 6.42 Å². The molecule has 2 aromatic rings. The third-order valence-electron chi connectivity index (χ3n) is 2.72. The summed E-state index contributed by atoms with van der Waals surface area (Å²) in [6.07, 6.45) is -0.839. The number of alkyl halides is 3. The van der Waals surface area contributed by atoms with Gasteiger partial charge in [0.25, 0.3) is 0 Å². The van der Waals surface area contributed by atoms with Gasteiger partial charge >= 0.3 is 6.18 Å². The summed E-state index contributed by atoms with van der Waals surface area (Å²) < 4.78 is 39.0. The molecule has 2 aromatic heterocycles. The highest BCUT2D eigenvalue weighted by molar-refractivity contribution is 7.09. The summed E-state index contributed by atoms with van der Waals surface area (Å²) in [5.74, 6) is -0.325. The Morgan fingerprint density at radius 3 is 2.81 bits per heavy atom. The van der Waals surface area contributed by atoms with Gasteiger partial charge in [0, 0.05) is 17.8 Å². The van der Waals surface area contributed by atoms with Crippen LogP contribution in [0.15, 0.2) is 23.8 Å². The summed E-state index contributed by atoms with van der Waals surface area (Å²) in [6.45, 7) is 1.79. The molecule has 9 heteroatoms. The predicted octanol–water partition coefficient (Wildman–Crippen LogP) is 2.63. The lowest BCUT2D eigenvalue weighted by atomic mass is 10.2. The fourth-order valence-electron chi connectivity index (χ4n) is 1.70. The highest BCUT2D eigenvalue weighted by atomic mass is 32.1. The molecule has 1 atom stereocenters. The quantitative estimate of drug-likeness (QED) is 0.922. The number of aromatic nitrogens is 3. The normalized spacial score (nSPS) is 13.1. The van der Waals surface area contributed by atoms with Crippen molar-refractivity contribution < 1.29 is 18.0 Å². The Kier molecular flexibility index (Phi) is 4.61. The molecule has 0 aromatic carbocycles. The molecule has 0 aliphatic heterocycles. The smallest absolute Gasteiger partial charge is 0.345 e. The third-order valence-corrected chi connectivity index (χ3v) is 3.68. The van der Waals surface area contributed by atoms with Crippen molar-refractivity contribution >= 4 is 17.2 Å². The van der Waals surface area contributed by atoms with Crippen LogP contribution in [0.2, 0.25) is 0 Å². The minimum atomic E-state index is -4.47. The molecule has 21 heavy (non-hydrogen) atoms. The van der Waals surface area contributed by atoms with Gasteiger partial charge in [-0.2, -0.15) is 18.3 Å². The Hall–Kier alpha value is -1.90. The van der Waals surface area contributed by atoms with E-state index >= 15 is 0 Å². The highest BCUT2D eigenvalue weighted by Gasteiger charge is 2.34. The Labute approximate surface area is 122 Å². The summed E-state index contributed by atoms with van der Waals surface area (Å²) in [4.78, 5) is 15.4. The van der Waals surface area contributed by atoms with Crippen LogP contribution in [-0.2, 0) is 17.5 Å². The van der Waals surface area contributed by atoms with Gasteiger partial charge in [-0.1, -0.05) is 6.92 Å². The number of nitrogens with zero attached hydrogens (tertiary/aromatic N) is 3. The lowest BCUT2D eigenvalue weighted by Crippen LogP contribution is -2.31. The number of amides is 1. The van der Waals surface area contributed by atoms with Crippen LogP contribution in [0.5, 0.6) is 0 Å². The fraction of sp³-hybridized carbons (Fsp3) is 0.417. The molecule has 0 bridgehead atoms. The Morgan fingerprint density at radius 1 is 1.52 bits per heavy atom. The van der Waals surface area contributed by atoms with Crippen LogP contribution in [0.1, 0.15) is 30.1 Å². The zero-order chi connectivity index (χ0) is 15.5. The number of hydrogen-bond donors (Lipinski definition) is 1. The van der Waals surface area contributed by atoms with Gasteiger partial charge in [-0.05, 0) is 12.5 Å². The molecule has 5 nitrogen and oxygen atoms in total. The number of hydrogen-bond acceptors (Lipinski definition) is 4. The van der Waals surface area contributed by atoms with Gasteiger partial charge in [-0.25, -0.2) is 4.98 Å². The third kappa shape index (κ3) is 4.03. The summed E-state index contributed by atoms with van der Waals surface area (Å²) in [5, 5.41) is 7.76. The molecule has 0 spiro atoms. The molecule has 1 amide bonds. The van der Waals surface area contributed by atoms with Gasteiger partial charge in [0.2, 0.25) is 5.91 Å². The molecule has 2 heterocycles. The van der Waals surface area contributed by atoms with E-state index in [-0.39, 0.29) is 17.5 Å². The van der Waals surface area contributed by atoms with Crippen LogP contribution in [0, 0.1) is 0 Å². The Morgan fingerprint density at radius 2 is 2.29 bits per heavy atom. The van der Waals surface area contributed by atoms with Gasteiger partial charge in [-0.15, -0.1) is 11.3 Å². The SMILES string of the molecule is CC[C@H](NC(=O)Cn1cccn1)c1nc(C(F)(F)F)cs1. The van der Waals surface area contributed by atoms with Crippen LogP contribution in [0.3, 0.4) is 0 Å². The minimum absolute atomic E-state index is 0.0149. The fourth-order valence-corrected chi connectivity index (χ4v) is 2.66. The first-order chi connectivity index (χ1) is 9.90. The van der Waals surface area contributed by atoms with Crippen LogP contribution in [0.4, 0.5) is 13.2 Å². The molecular weight excluding hydrogens is 305 g/mol. The van der Waals surface area contributed by atoms with Crippen molar-refractivity contribution in [3.8, 4) is 0 Å². The van der Waals surface area contributed by atoms with E-state index < -0.39 is 17.9 Å². The van der Waals surface area contributed by atoms with Crippen LogP contribution >= 0.6 is 11.3 Å². The second-order valence-corrected chi connectivity index (χ2v) is 5.19. The van der Waals surface area contributed by atoms with E-state index in [0.717, 1.165) is 16.7 Å².